The summed E-state index contributed by atoms with van der Waals surface area (Å²) in [7, 11) is 0.638. The molecule has 0 atom stereocenters. The van der Waals surface area contributed by atoms with Gasteiger partial charge in [-0.25, -0.2) is 0 Å². The Kier molecular flexibility index (Phi) is 6.73. The number of hydrogen-bond donors (Lipinski definition) is 0. The predicted molar refractivity (Wildman–Crippen MR) is 47.1 cm³/mol. The lowest BCUT2D eigenvalue weighted by Gasteiger charge is -2.17. The molecule has 0 aliphatic heterocycles. The molecule has 0 aliphatic carbocycles. The van der Waals surface area contributed by atoms with E-state index < -0.39 is 0 Å². The highest BCUT2D eigenvalue weighted by atomic mass is 28.3. The standard InChI is InChI=1S/C5H17NOSi2/c1-3-5-6(4-2)9-7-8/h3-5,9H2,1-2,8H3. The highest BCUT2D eigenvalue weighted by Gasteiger charge is 1.97. The fraction of sp³-hybridized carbons (Fsp3) is 1.00. The highest BCUT2D eigenvalue weighted by molar-refractivity contribution is 6.31. The summed E-state index contributed by atoms with van der Waals surface area (Å²) in [5, 5.41) is 0. The van der Waals surface area contributed by atoms with Gasteiger partial charge in [0.25, 0.3) is 0 Å². The third-order valence-corrected chi connectivity index (χ3v) is 3.46. The second kappa shape index (κ2) is 6.47. The van der Waals surface area contributed by atoms with Crippen molar-refractivity contribution >= 4 is 20.4 Å². The summed E-state index contributed by atoms with van der Waals surface area (Å²) in [6.07, 6.45) is 1.26. The number of rotatable bonds is 5. The average molecular weight is 163 g/mol. The lowest BCUT2D eigenvalue weighted by atomic mass is 10.5. The van der Waals surface area contributed by atoms with Gasteiger partial charge < -0.3 is 8.68 Å². The molecule has 2 nitrogen and oxygen atoms in total. The Labute approximate surface area is 63.1 Å². The second-order valence-corrected chi connectivity index (χ2v) is 5.59. The molecule has 0 spiro atoms. The summed E-state index contributed by atoms with van der Waals surface area (Å²) >= 11 is 0. The maximum absolute atomic E-state index is 5.25. The van der Waals surface area contributed by atoms with Gasteiger partial charge in [-0.1, -0.05) is 13.8 Å². The molecular formula is C5H17NOSi2. The molecule has 0 amide bonds. The Balaban J connectivity index is 3.18. The van der Waals surface area contributed by atoms with Crippen LogP contribution in [0.4, 0.5) is 0 Å². The van der Waals surface area contributed by atoms with Gasteiger partial charge in [0, 0.05) is 0 Å². The molecular weight excluding hydrogens is 146 g/mol. The van der Waals surface area contributed by atoms with E-state index in [1.807, 2.05) is 0 Å². The molecule has 56 valence electrons. The van der Waals surface area contributed by atoms with Crippen molar-refractivity contribution in [2.24, 2.45) is 0 Å². The lowest BCUT2D eigenvalue weighted by molar-refractivity contribution is 0.415. The van der Waals surface area contributed by atoms with Gasteiger partial charge in [0.1, 0.15) is 10.5 Å². The van der Waals surface area contributed by atoms with Gasteiger partial charge in [0.2, 0.25) is 9.92 Å². The van der Waals surface area contributed by atoms with Gasteiger partial charge in [0.15, 0.2) is 0 Å². The molecule has 0 bridgehead atoms. The molecule has 0 radical (unpaired) electrons. The monoisotopic (exact) mass is 163 g/mol. The normalized spacial score (nSPS) is 12.3. The van der Waals surface area contributed by atoms with Crippen molar-refractivity contribution in [2.45, 2.75) is 20.3 Å². The summed E-state index contributed by atoms with van der Waals surface area (Å²) in [6.45, 7) is 6.81. The Morgan fingerprint density at radius 3 is 2.56 bits per heavy atom. The van der Waals surface area contributed by atoms with E-state index in [1.54, 1.807) is 0 Å². The van der Waals surface area contributed by atoms with Crippen LogP contribution >= 0.6 is 0 Å². The molecule has 4 heteroatoms. The Morgan fingerprint density at radius 1 is 1.56 bits per heavy atom. The molecule has 0 saturated carbocycles. The largest absolute Gasteiger partial charge is 0.457 e. The molecule has 0 aromatic rings. The van der Waals surface area contributed by atoms with Crippen molar-refractivity contribution < 1.29 is 4.12 Å². The van der Waals surface area contributed by atoms with E-state index in [0.717, 1.165) is 10.5 Å². The Hall–Kier alpha value is 0.354. The van der Waals surface area contributed by atoms with Crippen LogP contribution in [0.5, 0.6) is 0 Å². The van der Waals surface area contributed by atoms with Gasteiger partial charge in [0.05, 0.1) is 0 Å². The first-order valence-corrected chi connectivity index (χ1v) is 5.59. The molecule has 9 heavy (non-hydrogen) atoms. The summed E-state index contributed by atoms with van der Waals surface area (Å²) < 4.78 is 7.69. The quantitative estimate of drug-likeness (QED) is 0.483. The van der Waals surface area contributed by atoms with Crippen molar-refractivity contribution in [3.63, 3.8) is 0 Å². The van der Waals surface area contributed by atoms with Gasteiger partial charge >= 0.3 is 0 Å². The van der Waals surface area contributed by atoms with E-state index in [4.69, 9.17) is 4.12 Å². The van der Waals surface area contributed by atoms with E-state index in [0.29, 0.717) is 0 Å². The zero-order valence-corrected chi connectivity index (χ0v) is 10.1. The SMILES string of the molecule is CCCN(CC)[SiH2]O[SiH3]. The van der Waals surface area contributed by atoms with Crippen molar-refractivity contribution in [1.29, 1.82) is 0 Å². The number of hydrogen-bond acceptors (Lipinski definition) is 2. The first-order chi connectivity index (χ1) is 4.35. The van der Waals surface area contributed by atoms with E-state index >= 15 is 0 Å². The zero-order valence-electron chi connectivity index (χ0n) is 6.68. The molecule has 0 heterocycles. The summed E-state index contributed by atoms with van der Waals surface area (Å²) in [4.78, 5) is 0. The van der Waals surface area contributed by atoms with Gasteiger partial charge in [-0.3, -0.25) is 0 Å². The topological polar surface area (TPSA) is 12.5 Å². The number of nitrogens with zero attached hydrogens (tertiary/aromatic N) is 1. The molecule has 0 aromatic heterocycles. The molecule has 0 unspecified atom stereocenters. The third-order valence-electron chi connectivity index (χ3n) is 1.30. The van der Waals surface area contributed by atoms with E-state index in [-0.39, 0.29) is 9.92 Å². The van der Waals surface area contributed by atoms with Crippen LogP contribution < -0.4 is 0 Å². The first-order valence-electron chi connectivity index (χ1n) is 3.56. The van der Waals surface area contributed by atoms with Gasteiger partial charge in [-0.2, -0.15) is 0 Å². The Morgan fingerprint density at radius 2 is 2.22 bits per heavy atom. The smallest absolute Gasteiger partial charge is 0.226 e. The van der Waals surface area contributed by atoms with Crippen LogP contribution in [0.15, 0.2) is 0 Å². The van der Waals surface area contributed by atoms with E-state index in [2.05, 4.69) is 18.4 Å². The molecule has 0 saturated heterocycles. The van der Waals surface area contributed by atoms with Gasteiger partial charge in [-0.05, 0) is 19.5 Å². The second-order valence-electron chi connectivity index (χ2n) is 2.13. The lowest BCUT2D eigenvalue weighted by Crippen LogP contribution is -2.29. The molecule has 0 fully saturated rings. The predicted octanol–water partition coefficient (Wildman–Crippen LogP) is -0.986. The molecule has 0 aliphatic rings. The summed E-state index contributed by atoms with van der Waals surface area (Å²) in [6, 6.07) is 0. The van der Waals surface area contributed by atoms with Crippen LogP contribution in [0.1, 0.15) is 20.3 Å². The molecule has 0 rings (SSSR count). The average Bonchev–Trinajstić information content (AvgIpc) is 1.88. The Bertz CT molecular complexity index is 56.9. The van der Waals surface area contributed by atoms with Crippen molar-refractivity contribution in [3.05, 3.63) is 0 Å². The zero-order chi connectivity index (χ0) is 7.11. The van der Waals surface area contributed by atoms with Crippen LogP contribution in [0.2, 0.25) is 0 Å². The maximum Gasteiger partial charge on any atom is 0.226 e. The molecule has 0 N–H and O–H groups in total. The van der Waals surface area contributed by atoms with Crippen molar-refractivity contribution in [2.75, 3.05) is 13.1 Å². The van der Waals surface area contributed by atoms with Crippen molar-refractivity contribution in [3.8, 4) is 0 Å². The first kappa shape index (κ1) is 9.35. The van der Waals surface area contributed by atoms with Crippen LogP contribution in [0.25, 0.3) is 0 Å². The van der Waals surface area contributed by atoms with E-state index in [1.165, 1.54) is 19.5 Å². The fourth-order valence-corrected chi connectivity index (χ4v) is 2.90. The van der Waals surface area contributed by atoms with Crippen LogP contribution in [0.3, 0.4) is 0 Å². The third kappa shape index (κ3) is 4.83. The van der Waals surface area contributed by atoms with Gasteiger partial charge in [-0.15, -0.1) is 0 Å². The summed E-state index contributed by atoms with van der Waals surface area (Å²) in [5.41, 5.74) is 0. The maximum atomic E-state index is 5.25. The van der Waals surface area contributed by atoms with Crippen LogP contribution in [0, 0.1) is 0 Å². The highest BCUT2D eigenvalue weighted by Crippen LogP contribution is 1.86. The summed E-state index contributed by atoms with van der Waals surface area (Å²) in [5.74, 6) is 0. The minimum atomic E-state index is -0.280. The van der Waals surface area contributed by atoms with E-state index in [9.17, 15) is 0 Å². The van der Waals surface area contributed by atoms with Crippen molar-refractivity contribution in [1.82, 2.24) is 4.57 Å². The minimum absolute atomic E-state index is 0.280. The minimum Gasteiger partial charge on any atom is -0.457 e. The fourth-order valence-electron chi connectivity index (χ4n) is 0.813. The molecule has 0 aromatic carbocycles. The van der Waals surface area contributed by atoms with Crippen LogP contribution in [-0.4, -0.2) is 38.1 Å². The van der Waals surface area contributed by atoms with Crippen LogP contribution in [-0.2, 0) is 4.12 Å².